The third kappa shape index (κ3) is 4.80. The Kier molecular flexibility index (Phi) is 5.55. The minimum atomic E-state index is -0.369. The molecule has 100 valence electrons. The number of methoxy groups -OCH3 is 1. The van der Waals surface area contributed by atoms with E-state index in [4.69, 9.17) is 5.26 Å². The lowest BCUT2D eigenvalue weighted by molar-refractivity contribution is -0.141. The van der Waals surface area contributed by atoms with E-state index in [0.29, 0.717) is 5.56 Å². The van der Waals surface area contributed by atoms with Crippen LogP contribution >= 0.6 is 0 Å². The van der Waals surface area contributed by atoms with Crippen molar-refractivity contribution in [1.82, 2.24) is 5.32 Å². The van der Waals surface area contributed by atoms with E-state index in [9.17, 15) is 9.59 Å². The molecule has 0 aliphatic rings. The molecule has 0 saturated carbocycles. The van der Waals surface area contributed by atoms with Crippen LogP contribution in [0.25, 0.3) is 0 Å². The number of ether oxygens (including phenoxy) is 1. The number of esters is 1. The first kappa shape index (κ1) is 14.7. The molecule has 0 heterocycles. The summed E-state index contributed by atoms with van der Waals surface area (Å²) < 4.78 is 4.53. The first-order chi connectivity index (χ1) is 9.06. The van der Waals surface area contributed by atoms with Gasteiger partial charge in [-0.1, -0.05) is 12.1 Å². The maximum atomic E-state index is 11.9. The van der Waals surface area contributed by atoms with Crippen molar-refractivity contribution < 1.29 is 14.3 Å². The minimum absolute atomic E-state index is 0.125. The van der Waals surface area contributed by atoms with E-state index in [1.807, 2.05) is 6.07 Å². The fourth-order valence-electron chi connectivity index (χ4n) is 1.61. The van der Waals surface area contributed by atoms with Crippen LogP contribution in [0, 0.1) is 11.3 Å². The number of carbonyl (C=O) groups is 2. The van der Waals surface area contributed by atoms with Crippen molar-refractivity contribution >= 4 is 11.9 Å². The summed E-state index contributed by atoms with van der Waals surface area (Å²) in [7, 11) is 1.31. The van der Waals surface area contributed by atoms with Gasteiger partial charge in [-0.05, 0) is 24.6 Å². The Labute approximate surface area is 112 Å². The zero-order valence-electron chi connectivity index (χ0n) is 11.0. The average Bonchev–Trinajstić information content (AvgIpc) is 2.39. The van der Waals surface area contributed by atoms with Crippen LogP contribution < -0.4 is 5.32 Å². The molecular weight excluding hydrogens is 244 g/mol. The first-order valence-electron chi connectivity index (χ1n) is 5.90. The molecule has 5 nitrogen and oxygen atoms in total. The number of nitrogens with zero attached hydrogens (tertiary/aromatic N) is 1. The monoisotopic (exact) mass is 260 g/mol. The van der Waals surface area contributed by atoms with Crippen LogP contribution in [-0.2, 0) is 16.0 Å². The number of amides is 1. The molecule has 5 heteroatoms. The number of nitriles is 1. The largest absolute Gasteiger partial charge is 0.469 e. The van der Waals surface area contributed by atoms with Gasteiger partial charge in [-0.25, -0.2) is 0 Å². The summed E-state index contributed by atoms with van der Waals surface area (Å²) in [5.74, 6) is -0.637. The van der Waals surface area contributed by atoms with Gasteiger partial charge in [0.05, 0.1) is 26.0 Å². The molecule has 0 unspecified atom stereocenters. The van der Waals surface area contributed by atoms with E-state index in [-0.39, 0.29) is 30.8 Å². The number of carbonyl (C=O) groups excluding carboxylic acids is 2. The van der Waals surface area contributed by atoms with Crippen molar-refractivity contribution in [2.24, 2.45) is 0 Å². The lowest BCUT2D eigenvalue weighted by atomic mass is 10.1. The van der Waals surface area contributed by atoms with Gasteiger partial charge in [0.25, 0.3) is 5.91 Å². The van der Waals surface area contributed by atoms with Crippen molar-refractivity contribution in [2.75, 3.05) is 7.11 Å². The number of hydrogen-bond acceptors (Lipinski definition) is 4. The van der Waals surface area contributed by atoms with Gasteiger partial charge in [0.15, 0.2) is 0 Å². The Balaban J connectivity index is 2.65. The van der Waals surface area contributed by atoms with Gasteiger partial charge >= 0.3 is 5.97 Å². The smallest absolute Gasteiger partial charge is 0.307 e. The summed E-state index contributed by atoms with van der Waals surface area (Å²) >= 11 is 0. The maximum Gasteiger partial charge on any atom is 0.307 e. The van der Waals surface area contributed by atoms with Crippen LogP contribution in [0.4, 0.5) is 0 Å². The molecule has 1 aromatic carbocycles. The molecule has 0 spiro atoms. The lowest BCUT2D eigenvalue weighted by Crippen LogP contribution is -2.34. The van der Waals surface area contributed by atoms with Crippen LogP contribution in [0.15, 0.2) is 24.3 Å². The second-order valence-corrected chi connectivity index (χ2v) is 4.19. The van der Waals surface area contributed by atoms with Crippen molar-refractivity contribution in [3.63, 3.8) is 0 Å². The molecular formula is C14H16N2O3. The summed E-state index contributed by atoms with van der Waals surface area (Å²) in [4.78, 5) is 23.0. The second kappa shape index (κ2) is 7.17. The minimum Gasteiger partial charge on any atom is -0.469 e. The van der Waals surface area contributed by atoms with Crippen LogP contribution in [0.3, 0.4) is 0 Å². The summed E-state index contributed by atoms with van der Waals surface area (Å²) in [5, 5.41) is 11.3. The van der Waals surface area contributed by atoms with Crippen molar-refractivity contribution in [1.29, 1.82) is 5.26 Å². The standard InChI is InChI=1S/C14H16N2O3/c1-10(8-13(17)19-2)16-14(18)12-5-3-4-11(9-12)6-7-15/h3-5,9-10H,6,8H2,1-2H3,(H,16,18)/t10-/m1/s1. The zero-order valence-corrected chi connectivity index (χ0v) is 11.0. The molecule has 0 radical (unpaired) electrons. The van der Waals surface area contributed by atoms with Gasteiger partial charge in [-0.3, -0.25) is 9.59 Å². The number of benzene rings is 1. The van der Waals surface area contributed by atoms with Crippen LogP contribution in [0.5, 0.6) is 0 Å². The SMILES string of the molecule is COC(=O)C[C@@H](C)NC(=O)c1cccc(CC#N)c1. The molecule has 1 rings (SSSR count). The van der Waals surface area contributed by atoms with Crippen molar-refractivity contribution in [3.8, 4) is 6.07 Å². The topological polar surface area (TPSA) is 79.2 Å². The van der Waals surface area contributed by atoms with E-state index in [2.05, 4.69) is 10.1 Å². The van der Waals surface area contributed by atoms with Gasteiger partial charge in [0, 0.05) is 11.6 Å². The normalized spacial score (nSPS) is 11.2. The van der Waals surface area contributed by atoms with E-state index in [1.165, 1.54) is 7.11 Å². The van der Waals surface area contributed by atoms with E-state index in [1.54, 1.807) is 31.2 Å². The fraction of sp³-hybridized carbons (Fsp3) is 0.357. The zero-order chi connectivity index (χ0) is 14.3. The number of nitrogens with one attached hydrogen (secondary N) is 1. The molecule has 0 aliphatic carbocycles. The lowest BCUT2D eigenvalue weighted by Gasteiger charge is -2.12. The first-order valence-corrected chi connectivity index (χ1v) is 5.90. The van der Waals surface area contributed by atoms with Gasteiger partial charge < -0.3 is 10.1 Å². The Morgan fingerprint density at radius 2 is 2.21 bits per heavy atom. The molecule has 1 N–H and O–H groups in total. The second-order valence-electron chi connectivity index (χ2n) is 4.19. The van der Waals surface area contributed by atoms with E-state index in [0.717, 1.165) is 5.56 Å². The van der Waals surface area contributed by atoms with Crippen LogP contribution in [0.1, 0.15) is 29.3 Å². The summed E-state index contributed by atoms with van der Waals surface area (Å²) in [5.41, 5.74) is 1.26. The predicted molar refractivity (Wildman–Crippen MR) is 69.3 cm³/mol. The molecule has 0 fully saturated rings. The third-order valence-electron chi connectivity index (χ3n) is 2.55. The average molecular weight is 260 g/mol. The van der Waals surface area contributed by atoms with E-state index >= 15 is 0 Å². The molecule has 1 aromatic rings. The predicted octanol–water partition coefficient (Wildman–Crippen LogP) is 1.43. The van der Waals surface area contributed by atoms with Crippen LogP contribution in [0.2, 0.25) is 0 Å². The van der Waals surface area contributed by atoms with Crippen molar-refractivity contribution in [3.05, 3.63) is 35.4 Å². The highest BCUT2D eigenvalue weighted by Crippen LogP contribution is 2.06. The molecule has 1 atom stereocenters. The highest BCUT2D eigenvalue weighted by atomic mass is 16.5. The highest BCUT2D eigenvalue weighted by molar-refractivity contribution is 5.94. The molecule has 0 aromatic heterocycles. The Morgan fingerprint density at radius 3 is 2.84 bits per heavy atom. The fourth-order valence-corrected chi connectivity index (χ4v) is 1.61. The maximum absolute atomic E-state index is 11.9. The van der Waals surface area contributed by atoms with E-state index < -0.39 is 0 Å². The molecule has 1 amide bonds. The van der Waals surface area contributed by atoms with Crippen LogP contribution in [-0.4, -0.2) is 25.0 Å². The van der Waals surface area contributed by atoms with Gasteiger partial charge in [0.2, 0.25) is 0 Å². The molecule has 19 heavy (non-hydrogen) atoms. The summed E-state index contributed by atoms with van der Waals surface area (Å²) in [6, 6.07) is 8.58. The molecule has 0 aliphatic heterocycles. The third-order valence-corrected chi connectivity index (χ3v) is 2.55. The molecule has 0 saturated heterocycles. The summed E-state index contributed by atoms with van der Waals surface area (Å²) in [6.45, 7) is 1.73. The Morgan fingerprint density at radius 1 is 1.47 bits per heavy atom. The van der Waals surface area contributed by atoms with Gasteiger partial charge in [-0.15, -0.1) is 0 Å². The van der Waals surface area contributed by atoms with Gasteiger partial charge in [-0.2, -0.15) is 5.26 Å². The van der Waals surface area contributed by atoms with Crippen molar-refractivity contribution in [2.45, 2.75) is 25.8 Å². The van der Waals surface area contributed by atoms with Gasteiger partial charge in [0.1, 0.15) is 0 Å². The summed E-state index contributed by atoms with van der Waals surface area (Å²) in [6.07, 6.45) is 0.388. The Bertz CT molecular complexity index is 506. The number of hydrogen-bond donors (Lipinski definition) is 1. The molecule has 0 bridgehead atoms. The Hall–Kier alpha value is -2.35. The quantitative estimate of drug-likeness (QED) is 0.812. The highest BCUT2D eigenvalue weighted by Gasteiger charge is 2.13. The number of rotatable bonds is 5.